The van der Waals surface area contributed by atoms with Crippen LogP contribution in [0.3, 0.4) is 0 Å². The molecule has 0 radical (unpaired) electrons. The van der Waals surface area contributed by atoms with Crippen molar-refractivity contribution in [3.05, 3.63) is 29.8 Å². The molecule has 0 amide bonds. The van der Waals surface area contributed by atoms with Crippen molar-refractivity contribution in [2.24, 2.45) is 5.73 Å². The molecule has 2 nitrogen and oxygen atoms in total. The zero-order valence-corrected chi connectivity index (χ0v) is 9.99. The van der Waals surface area contributed by atoms with Crippen LogP contribution >= 0.6 is 0 Å². The molecule has 1 aromatic rings. The molecule has 0 bridgehead atoms. The summed E-state index contributed by atoms with van der Waals surface area (Å²) in [6.45, 7) is 4.56. The number of ether oxygens (including phenoxy) is 1. The minimum Gasteiger partial charge on any atom is -0.493 e. The maximum atomic E-state index is 5.92. The van der Waals surface area contributed by atoms with Gasteiger partial charge in [-0.1, -0.05) is 19.1 Å². The molecule has 0 saturated carbocycles. The van der Waals surface area contributed by atoms with E-state index in [1.165, 1.54) is 0 Å². The SMILES string of the molecule is CC#CCCOc1ccc([C@@H](N)CC)cc1. The van der Waals surface area contributed by atoms with Gasteiger partial charge < -0.3 is 10.5 Å². The van der Waals surface area contributed by atoms with E-state index < -0.39 is 0 Å². The zero-order chi connectivity index (χ0) is 11.8. The molecular weight excluding hydrogens is 198 g/mol. The number of nitrogens with two attached hydrogens (primary N) is 1. The van der Waals surface area contributed by atoms with Gasteiger partial charge in [0.15, 0.2) is 0 Å². The van der Waals surface area contributed by atoms with E-state index in [1.54, 1.807) is 0 Å². The second kappa shape index (κ2) is 6.92. The van der Waals surface area contributed by atoms with Crippen molar-refractivity contribution in [3.8, 4) is 17.6 Å². The number of hydrogen-bond acceptors (Lipinski definition) is 2. The Morgan fingerprint density at radius 1 is 1.31 bits per heavy atom. The molecular formula is C14H19NO. The standard InChI is InChI=1S/C14H19NO/c1-3-5-6-11-16-13-9-7-12(8-10-13)14(15)4-2/h7-10,14H,4,6,11,15H2,1-2H3/t14-/m0/s1. The van der Waals surface area contributed by atoms with Crippen LogP contribution < -0.4 is 10.5 Å². The second-order valence-electron chi connectivity index (χ2n) is 3.61. The van der Waals surface area contributed by atoms with Crippen LogP contribution in [-0.4, -0.2) is 6.61 Å². The highest BCUT2D eigenvalue weighted by atomic mass is 16.5. The summed E-state index contributed by atoms with van der Waals surface area (Å²) in [4.78, 5) is 0. The van der Waals surface area contributed by atoms with Crippen LogP contribution in [0.4, 0.5) is 0 Å². The lowest BCUT2D eigenvalue weighted by atomic mass is 10.1. The Balaban J connectivity index is 2.47. The van der Waals surface area contributed by atoms with Crippen molar-refractivity contribution in [1.29, 1.82) is 0 Å². The normalized spacial score (nSPS) is 11.4. The highest BCUT2D eigenvalue weighted by Gasteiger charge is 2.02. The third kappa shape index (κ3) is 3.96. The molecule has 0 saturated heterocycles. The van der Waals surface area contributed by atoms with Gasteiger partial charge in [0, 0.05) is 12.5 Å². The minimum atomic E-state index is 0.125. The summed E-state index contributed by atoms with van der Waals surface area (Å²) in [5.41, 5.74) is 7.08. The quantitative estimate of drug-likeness (QED) is 0.608. The minimum absolute atomic E-state index is 0.125. The molecule has 0 aliphatic carbocycles. The predicted octanol–water partition coefficient (Wildman–Crippen LogP) is 2.89. The summed E-state index contributed by atoms with van der Waals surface area (Å²) in [6.07, 6.45) is 1.72. The molecule has 1 atom stereocenters. The molecule has 16 heavy (non-hydrogen) atoms. The van der Waals surface area contributed by atoms with Gasteiger partial charge in [-0.25, -0.2) is 0 Å². The summed E-state index contributed by atoms with van der Waals surface area (Å²) in [5, 5.41) is 0. The molecule has 0 unspecified atom stereocenters. The van der Waals surface area contributed by atoms with Gasteiger partial charge in [0.1, 0.15) is 5.75 Å². The summed E-state index contributed by atoms with van der Waals surface area (Å²) < 4.78 is 5.53. The fourth-order valence-electron chi connectivity index (χ4n) is 1.39. The first-order valence-corrected chi connectivity index (χ1v) is 5.66. The number of benzene rings is 1. The van der Waals surface area contributed by atoms with Gasteiger partial charge in [-0.2, -0.15) is 0 Å². The van der Waals surface area contributed by atoms with Crippen molar-refractivity contribution in [1.82, 2.24) is 0 Å². The zero-order valence-electron chi connectivity index (χ0n) is 9.99. The molecule has 1 aromatic carbocycles. The summed E-state index contributed by atoms with van der Waals surface area (Å²) in [5.74, 6) is 6.68. The summed E-state index contributed by atoms with van der Waals surface area (Å²) in [6, 6.07) is 8.10. The van der Waals surface area contributed by atoms with Gasteiger partial charge in [0.25, 0.3) is 0 Å². The average Bonchev–Trinajstić information content (AvgIpc) is 2.34. The van der Waals surface area contributed by atoms with Crippen molar-refractivity contribution < 1.29 is 4.74 Å². The fraction of sp³-hybridized carbons (Fsp3) is 0.429. The van der Waals surface area contributed by atoms with Gasteiger partial charge in [0.2, 0.25) is 0 Å². The van der Waals surface area contributed by atoms with Crippen LogP contribution in [0, 0.1) is 11.8 Å². The van der Waals surface area contributed by atoms with Crippen LogP contribution in [0.5, 0.6) is 5.75 Å². The van der Waals surface area contributed by atoms with Crippen LogP contribution in [0.2, 0.25) is 0 Å². The van der Waals surface area contributed by atoms with Crippen LogP contribution in [0.15, 0.2) is 24.3 Å². The van der Waals surface area contributed by atoms with Crippen LogP contribution in [0.25, 0.3) is 0 Å². The van der Waals surface area contributed by atoms with E-state index in [0.717, 1.165) is 24.2 Å². The van der Waals surface area contributed by atoms with Crippen LogP contribution in [0.1, 0.15) is 38.3 Å². The fourth-order valence-corrected chi connectivity index (χ4v) is 1.39. The molecule has 86 valence electrons. The average molecular weight is 217 g/mol. The monoisotopic (exact) mass is 217 g/mol. The Morgan fingerprint density at radius 3 is 2.56 bits per heavy atom. The Hall–Kier alpha value is -1.46. The van der Waals surface area contributed by atoms with Crippen molar-refractivity contribution >= 4 is 0 Å². The predicted molar refractivity (Wildman–Crippen MR) is 67.2 cm³/mol. The Labute approximate surface area is 97.8 Å². The molecule has 1 rings (SSSR count). The number of hydrogen-bond donors (Lipinski definition) is 1. The topological polar surface area (TPSA) is 35.2 Å². The van der Waals surface area contributed by atoms with E-state index in [2.05, 4.69) is 18.8 Å². The molecule has 0 spiro atoms. The lowest BCUT2D eigenvalue weighted by Gasteiger charge is -2.10. The van der Waals surface area contributed by atoms with Crippen molar-refractivity contribution in [2.45, 2.75) is 32.7 Å². The maximum absolute atomic E-state index is 5.92. The first-order valence-electron chi connectivity index (χ1n) is 5.66. The lowest BCUT2D eigenvalue weighted by molar-refractivity contribution is 0.327. The first-order chi connectivity index (χ1) is 7.77. The summed E-state index contributed by atoms with van der Waals surface area (Å²) in [7, 11) is 0. The van der Waals surface area contributed by atoms with Gasteiger partial charge in [-0.05, 0) is 31.0 Å². The second-order valence-corrected chi connectivity index (χ2v) is 3.61. The molecule has 0 heterocycles. The number of rotatable bonds is 5. The largest absolute Gasteiger partial charge is 0.493 e. The molecule has 0 aromatic heterocycles. The smallest absolute Gasteiger partial charge is 0.119 e. The molecule has 0 fully saturated rings. The Kier molecular flexibility index (Phi) is 5.45. The maximum Gasteiger partial charge on any atom is 0.119 e. The first kappa shape index (κ1) is 12.6. The van der Waals surface area contributed by atoms with Gasteiger partial charge in [-0.3, -0.25) is 0 Å². The molecule has 0 aliphatic heterocycles. The van der Waals surface area contributed by atoms with E-state index in [4.69, 9.17) is 10.5 Å². The lowest BCUT2D eigenvalue weighted by Crippen LogP contribution is -2.08. The van der Waals surface area contributed by atoms with Gasteiger partial charge in [-0.15, -0.1) is 11.8 Å². The van der Waals surface area contributed by atoms with Gasteiger partial charge in [0.05, 0.1) is 6.61 Å². The molecule has 0 aliphatic rings. The summed E-state index contributed by atoms with van der Waals surface area (Å²) >= 11 is 0. The highest BCUT2D eigenvalue weighted by molar-refractivity contribution is 5.29. The van der Waals surface area contributed by atoms with Crippen molar-refractivity contribution in [2.75, 3.05) is 6.61 Å². The van der Waals surface area contributed by atoms with Crippen molar-refractivity contribution in [3.63, 3.8) is 0 Å². The van der Waals surface area contributed by atoms with E-state index in [0.29, 0.717) is 6.61 Å². The van der Waals surface area contributed by atoms with E-state index in [1.807, 2.05) is 31.2 Å². The molecule has 2 N–H and O–H groups in total. The van der Waals surface area contributed by atoms with E-state index >= 15 is 0 Å². The Morgan fingerprint density at radius 2 is 2.00 bits per heavy atom. The molecule has 2 heteroatoms. The Bertz CT molecular complexity index is 359. The third-order valence-electron chi connectivity index (χ3n) is 2.42. The van der Waals surface area contributed by atoms with Crippen LogP contribution in [-0.2, 0) is 0 Å². The highest BCUT2D eigenvalue weighted by Crippen LogP contribution is 2.18. The van der Waals surface area contributed by atoms with Gasteiger partial charge >= 0.3 is 0 Å². The van der Waals surface area contributed by atoms with E-state index in [9.17, 15) is 0 Å². The third-order valence-corrected chi connectivity index (χ3v) is 2.42. The van der Waals surface area contributed by atoms with E-state index in [-0.39, 0.29) is 6.04 Å².